The van der Waals surface area contributed by atoms with Crippen LogP contribution in [0.3, 0.4) is 0 Å². The summed E-state index contributed by atoms with van der Waals surface area (Å²) in [6, 6.07) is 0. The highest BCUT2D eigenvalue weighted by Gasteiger charge is 2.29. The van der Waals surface area contributed by atoms with Crippen LogP contribution >= 0.6 is 0 Å². The van der Waals surface area contributed by atoms with Gasteiger partial charge in [0.05, 0.1) is 0 Å². The van der Waals surface area contributed by atoms with Crippen LogP contribution in [-0.2, 0) is 0 Å². The van der Waals surface area contributed by atoms with Gasteiger partial charge in [0.25, 0.3) is 0 Å². The van der Waals surface area contributed by atoms with E-state index in [0.717, 1.165) is 23.7 Å². The molecule has 0 radical (unpaired) electrons. The van der Waals surface area contributed by atoms with E-state index >= 15 is 0 Å². The summed E-state index contributed by atoms with van der Waals surface area (Å²) in [7, 11) is 0. The van der Waals surface area contributed by atoms with Crippen LogP contribution in [0.2, 0.25) is 0 Å². The van der Waals surface area contributed by atoms with Crippen LogP contribution in [0.25, 0.3) is 0 Å². The Kier molecular flexibility index (Phi) is 2.98. The lowest BCUT2D eigenvalue weighted by Crippen LogP contribution is -2.28. The van der Waals surface area contributed by atoms with Crippen LogP contribution in [0.4, 0.5) is 0 Å². The molecule has 11 heavy (non-hydrogen) atoms. The van der Waals surface area contributed by atoms with E-state index in [2.05, 4.69) is 27.7 Å². The third-order valence-electron chi connectivity index (χ3n) is 3.40. The van der Waals surface area contributed by atoms with Crippen molar-refractivity contribution in [3.8, 4) is 0 Å². The Hall–Kier alpha value is 0. The molecule has 0 spiro atoms. The van der Waals surface area contributed by atoms with Crippen molar-refractivity contribution in [1.29, 1.82) is 0 Å². The maximum Gasteiger partial charge on any atom is -0.0340 e. The van der Waals surface area contributed by atoms with E-state index in [1.165, 1.54) is 19.3 Å². The van der Waals surface area contributed by atoms with E-state index in [-0.39, 0.29) is 0 Å². The van der Waals surface area contributed by atoms with E-state index in [0.29, 0.717) is 0 Å². The molecule has 1 fully saturated rings. The Morgan fingerprint density at radius 1 is 1.00 bits per heavy atom. The van der Waals surface area contributed by atoms with E-state index in [4.69, 9.17) is 0 Å². The molecule has 1 aliphatic carbocycles. The minimum Gasteiger partial charge on any atom is -0.0625 e. The van der Waals surface area contributed by atoms with Crippen molar-refractivity contribution in [1.82, 2.24) is 0 Å². The predicted octanol–water partition coefficient (Wildman–Crippen LogP) is 3.71. The first kappa shape index (κ1) is 9.09. The third kappa shape index (κ3) is 1.98. The second-order valence-electron chi connectivity index (χ2n) is 4.71. The van der Waals surface area contributed by atoms with E-state index in [1.807, 2.05) is 0 Å². The van der Waals surface area contributed by atoms with Crippen molar-refractivity contribution in [2.45, 2.75) is 47.0 Å². The van der Waals surface area contributed by atoms with Crippen molar-refractivity contribution < 1.29 is 0 Å². The Labute approximate surface area is 71.4 Å². The van der Waals surface area contributed by atoms with Gasteiger partial charge in [-0.25, -0.2) is 0 Å². The van der Waals surface area contributed by atoms with E-state index in [9.17, 15) is 0 Å². The van der Waals surface area contributed by atoms with E-state index < -0.39 is 0 Å². The molecule has 0 N–H and O–H groups in total. The first-order valence-electron chi connectivity index (χ1n) is 5.13. The average molecular weight is 154 g/mol. The normalized spacial score (nSPS) is 34.6. The topological polar surface area (TPSA) is 0 Å². The lowest BCUT2D eigenvalue weighted by Gasteiger charge is -2.37. The number of rotatable bonds is 1. The molecule has 0 unspecified atom stereocenters. The Balaban J connectivity index is 2.55. The van der Waals surface area contributed by atoms with Crippen molar-refractivity contribution in [2.75, 3.05) is 0 Å². The van der Waals surface area contributed by atoms with Gasteiger partial charge in [0.2, 0.25) is 0 Å². The molecular formula is C11H22. The number of hydrogen-bond acceptors (Lipinski definition) is 0. The van der Waals surface area contributed by atoms with Gasteiger partial charge in [-0.1, -0.05) is 47.0 Å². The fourth-order valence-electron chi connectivity index (χ4n) is 3.02. The van der Waals surface area contributed by atoms with Gasteiger partial charge in [0.1, 0.15) is 0 Å². The van der Waals surface area contributed by atoms with Gasteiger partial charge in [-0.2, -0.15) is 0 Å². The average Bonchev–Trinajstić information content (AvgIpc) is 1.85. The quantitative estimate of drug-likeness (QED) is 0.540. The van der Waals surface area contributed by atoms with Crippen molar-refractivity contribution in [3.05, 3.63) is 0 Å². The summed E-state index contributed by atoms with van der Waals surface area (Å²) < 4.78 is 0. The maximum absolute atomic E-state index is 2.43. The Morgan fingerprint density at radius 3 is 1.73 bits per heavy atom. The first-order valence-corrected chi connectivity index (χ1v) is 5.13. The molecule has 0 aromatic rings. The summed E-state index contributed by atoms with van der Waals surface area (Å²) in [6.07, 6.45) is 4.39. The third-order valence-corrected chi connectivity index (χ3v) is 3.40. The fraction of sp³-hybridized carbons (Fsp3) is 1.00. The van der Waals surface area contributed by atoms with E-state index in [1.54, 1.807) is 0 Å². The molecular weight excluding hydrogens is 132 g/mol. The van der Waals surface area contributed by atoms with Gasteiger partial charge >= 0.3 is 0 Å². The van der Waals surface area contributed by atoms with Gasteiger partial charge in [-0.3, -0.25) is 0 Å². The zero-order valence-electron chi connectivity index (χ0n) is 8.43. The molecule has 0 saturated heterocycles. The molecule has 0 bridgehead atoms. The zero-order valence-corrected chi connectivity index (χ0v) is 8.43. The Morgan fingerprint density at radius 2 is 1.45 bits per heavy atom. The second kappa shape index (κ2) is 3.60. The summed E-state index contributed by atoms with van der Waals surface area (Å²) >= 11 is 0. The molecule has 0 aromatic heterocycles. The summed E-state index contributed by atoms with van der Waals surface area (Å²) in [5, 5.41) is 0. The highest BCUT2D eigenvalue weighted by atomic mass is 14.3. The van der Waals surface area contributed by atoms with Crippen LogP contribution in [0, 0.1) is 23.7 Å². The highest BCUT2D eigenvalue weighted by Crippen LogP contribution is 2.38. The SMILES string of the molecule is CC(C)C1[C@@H](C)CCC[C@@H]1C. The molecule has 1 saturated carbocycles. The lowest BCUT2D eigenvalue weighted by molar-refractivity contribution is 0.129. The fourth-order valence-corrected chi connectivity index (χ4v) is 3.02. The van der Waals surface area contributed by atoms with Gasteiger partial charge in [-0.15, -0.1) is 0 Å². The molecule has 0 heterocycles. The zero-order chi connectivity index (χ0) is 8.43. The number of hydrogen-bond donors (Lipinski definition) is 0. The van der Waals surface area contributed by atoms with Crippen LogP contribution < -0.4 is 0 Å². The van der Waals surface area contributed by atoms with Gasteiger partial charge in [0.15, 0.2) is 0 Å². The second-order valence-corrected chi connectivity index (χ2v) is 4.71. The largest absolute Gasteiger partial charge is 0.0625 e. The first-order chi connectivity index (χ1) is 5.13. The standard InChI is InChI=1S/C11H22/c1-8(2)11-9(3)6-5-7-10(11)4/h8-11H,5-7H2,1-4H3/t9-,10-/m0/s1. The van der Waals surface area contributed by atoms with Crippen molar-refractivity contribution >= 4 is 0 Å². The predicted molar refractivity (Wildman–Crippen MR) is 50.5 cm³/mol. The summed E-state index contributed by atoms with van der Waals surface area (Å²) in [4.78, 5) is 0. The summed E-state index contributed by atoms with van der Waals surface area (Å²) in [6.45, 7) is 9.62. The molecule has 1 aliphatic rings. The van der Waals surface area contributed by atoms with Crippen molar-refractivity contribution in [2.24, 2.45) is 23.7 Å². The monoisotopic (exact) mass is 154 g/mol. The molecule has 0 aromatic carbocycles. The molecule has 66 valence electrons. The molecule has 0 amide bonds. The summed E-state index contributed by atoms with van der Waals surface area (Å²) in [5.74, 6) is 3.82. The minimum absolute atomic E-state index is 0.889. The van der Waals surface area contributed by atoms with Crippen molar-refractivity contribution in [3.63, 3.8) is 0 Å². The molecule has 0 nitrogen and oxygen atoms in total. The van der Waals surface area contributed by atoms with Crippen LogP contribution in [0.5, 0.6) is 0 Å². The maximum atomic E-state index is 2.43. The molecule has 2 atom stereocenters. The molecule has 0 heteroatoms. The van der Waals surface area contributed by atoms with Gasteiger partial charge in [-0.05, 0) is 23.7 Å². The van der Waals surface area contributed by atoms with Crippen LogP contribution in [0.15, 0.2) is 0 Å². The summed E-state index contributed by atoms with van der Waals surface area (Å²) in [5.41, 5.74) is 0. The Bertz CT molecular complexity index is 105. The lowest BCUT2D eigenvalue weighted by atomic mass is 9.69. The van der Waals surface area contributed by atoms with Crippen LogP contribution in [-0.4, -0.2) is 0 Å². The highest BCUT2D eigenvalue weighted by molar-refractivity contribution is 4.79. The molecule has 1 rings (SSSR count). The minimum atomic E-state index is 0.889. The smallest absolute Gasteiger partial charge is 0.0340 e. The van der Waals surface area contributed by atoms with Gasteiger partial charge in [0, 0.05) is 0 Å². The molecule has 0 aliphatic heterocycles. The van der Waals surface area contributed by atoms with Gasteiger partial charge < -0.3 is 0 Å². The van der Waals surface area contributed by atoms with Crippen LogP contribution in [0.1, 0.15) is 47.0 Å².